The SMILES string of the molecule is c1ccc(-c2nc(-c3ccc4ccccc4c3)cc(-c3cc(-c4ccccc4)c4oc5cc6ccccc6cc5c4c3)n2)cc1. The molecule has 3 nitrogen and oxygen atoms in total. The van der Waals surface area contributed by atoms with E-state index in [-0.39, 0.29) is 0 Å². The lowest BCUT2D eigenvalue weighted by Crippen LogP contribution is -1.96. The van der Waals surface area contributed by atoms with Crippen LogP contribution in [0.15, 0.2) is 162 Å². The average molecular weight is 575 g/mol. The van der Waals surface area contributed by atoms with E-state index in [0.717, 1.165) is 66.5 Å². The molecule has 0 atom stereocenters. The number of nitrogens with zero attached hydrogens (tertiary/aromatic N) is 2. The van der Waals surface area contributed by atoms with Crippen molar-refractivity contribution < 1.29 is 4.42 Å². The van der Waals surface area contributed by atoms with Gasteiger partial charge in [-0.25, -0.2) is 9.97 Å². The quantitative estimate of drug-likeness (QED) is 0.210. The zero-order valence-corrected chi connectivity index (χ0v) is 24.3. The van der Waals surface area contributed by atoms with E-state index in [1.807, 2.05) is 24.3 Å². The first-order valence-corrected chi connectivity index (χ1v) is 15.2. The second kappa shape index (κ2) is 10.3. The van der Waals surface area contributed by atoms with Crippen LogP contribution < -0.4 is 0 Å². The largest absolute Gasteiger partial charge is 0.455 e. The minimum absolute atomic E-state index is 0.695. The van der Waals surface area contributed by atoms with Gasteiger partial charge in [0.2, 0.25) is 0 Å². The van der Waals surface area contributed by atoms with Gasteiger partial charge in [-0.1, -0.05) is 121 Å². The highest BCUT2D eigenvalue weighted by Crippen LogP contribution is 2.41. The van der Waals surface area contributed by atoms with Gasteiger partial charge >= 0.3 is 0 Å². The lowest BCUT2D eigenvalue weighted by molar-refractivity contribution is 0.670. The maximum Gasteiger partial charge on any atom is 0.160 e. The van der Waals surface area contributed by atoms with Crippen molar-refractivity contribution in [3.05, 3.63) is 158 Å². The summed E-state index contributed by atoms with van der Waals surface area (Å²) < 4.78 is 6.63. The minimum Gasteiger partial charge on any atom is -0.455 e. The molecule has 0 saturated carbocycles. The molecule has 0 saturated heterocycles. The molecule has 2 heterocycles. The number of fused-ring (bicyclic) bond motifs is 5. The van der Waals surface area contributed by atoms with Crippen LogP contribution in [0.3, 0.4) is 0 Å². The van der Waals surface area contributed by atoms with E-state index >= 15 is 0 Å². The van der Waals surface area contributed by atoms with E-state index in [9.17, 15) is 0 Å². The molecule has 7 aromatic carbocycles. The van der Waals surface area contributed by atoms with Crippen molar-refractivity contribution in [1.82, 2.24) is 9.97 Å². The third-order valence-corrected chi connectivity index (χ3v) is 8.62. The normalized spacial score (nSPS) is 11.6. The van der Waals surface area contributed by atoms with Gasteiger partial charge in [-0.3, -0.25) is 0 Å². The fourth-order valence-corrected chi connectivity index (χ4v) is 6.35. The predicted octanol–water partition coefficient (Wildman–Crippen LogP) is 11.4. The summed E-state index contributed by atoms with van der Waals surface area (Å²) in [5, 5.41) is 6.90. The van der Waals surface area contributed by atoms with Gasteiger partial charge in [-0.05, 0) is 63.5 Å². The fourth-order valence-electron chi connectivity index (χ4n) is 6.35. The number of rotatable bonds is 4. The average Bonchev–Trinajstić information content (AvgIpc) is 3.47. The van der Waals surface area contributed by atoms with Crippen LogP contribution in [-0.4, -0.2) is 9.97 Å². The van der Waals surface area contributed by atoms with E-state index in [1.54, 1.807) is 0 Å². The molecular weight excluding hydrogens is 548 g/mol. The molecule has 0 spiro atoms. The van der Waals surface area contributed by atoms with E-state index in [0.29, 0.717) is 5.82 Å². The summed E-state index contributed by atoms with van der Waals surface area (Å²) >= 11 is 0. The minimum atomic E-state index is 0.695. The highest BCUT2D eigenvalue weighted by Gasteiger charge is 2.18. The van der Waals surface area contributed by atoms with Gasteiger partial charge in [0, 0.05) is 33.0 Å². The smallest absolute Gasteiger partial charge is 0.160 e. The van der Waals surface area contributed by atoms with E-state index in [4.69, 9.17) is 14.4 Å². The molecule has 9 rings (SSSR count). The number of hydrogen-bond acceptors (Lipinski definition) is 3. The van der Waals surface area contributed by atoms with Crippen molar-refractivity contribution in [2.24, 2.45) is 0 Å². The van der Waals surface area contributed by atoms with Crippen molar-refractivity contribution in [3.8, 4) is 45.0 Å². The lowest BCUT2D eigenvalue weighted by atomic mass is 9.96. The van der Waals surface area contributed by atoms with Gasteiger partial charge in [-0.2, -0.15) is 0 Å². The summed E-state index contributed by atoms with van der Waals surface area (Å²) in [6.07, 6.45) is 0. The summed E-state index contributed by atoms with van der Waals surface area (Å²) in [5.74, 6) is 0.695. The van der Waals surface area contributed by atoms with Crippen LogP contribution in [0.25, 0.3) is 88.5 Å². The fraction of sp³-hybridized carbons (Fsp3) is 0. The monoisotopic (exact) mass is 574 g/mol. The summed E-state index contributed by atoms with van der Waals surface area (Å²) in [4.78, 5) is 10.3. The Hall–Kier alpha value is -6.06. The molecule has 0 aliphatic heterocycles. The molecule has 0 unspecified atom stereocenters. The lowest BCUT2D eigenvalue weighted by Gasteiger charge is -2.12. The second-order valence-electron chi connectivity index (χ2n) is 11.5. The number of furan rings is 1. The maximum atomic E-state index is 6.63. The van der Waals surface area contributed by atoms with Crippen molar-refractivity contribution in [2.75, 3.05) is 0 Å². The van der Waals surface area contributed by atoms with Gasteiger partial charge in [0.25, 0.3) is 0 Å². The summed E-state index contributed by atoms with van der Waals surface area (Å²) in [6.45, 7) is 0. The van der Waals surface area contributed by atoms with Gasteiger partial charge in [0.1, 0.15) is 11.2 Å². The van der Waals surface area contributed by atoms with Gasteiger partial charge in [-0.15, -0.1) is 0 Å². The Morgan fingerprint density at radius 1 is 0.378 bits per heavy atom. The third-order valence-electron chi connectivity index (χ3n) is 8.62. The van der Waals surface area contributed by atoms with Crippen LogP contribution in [0, 0.1) is 0 Å². The predicted molar refractivity (Wildman–Crippen MR) is 186 cm³/mol. The summed E-state index contributed by atoms with van der Waals surface area (Å²) in [7, 11) is 0. The molecule has 2 aromatic heterocycles. The third kappa shape index (κ3) is 4.45. The van der Waals surface area contributed by atoms with E-state index in [2.05, 4.69) is 133 Å². The summed E-state index contributed by atoms with van der Waals surface area (Å²) in [6, 6.07) is 55.0. The molecule has 0 bridgehead atoms. The molecule has 0 aliphatic carbocycles. The Morgan fingerprint density at radius 3 is 1.71 bits per heavy atom. The Balaban J connectivity index is 1.33. The molecule has 0 N–H and O–H groups in total. The Kier molecular flexibility index (Phi) is 5.82. The zero-order chi connectivity index (χ0) is 29.7. The molecule has 0 amide bonds. The van der Waals surface area contributed by atoms with Gasteiger partial charge in [0.15, 0.2) is 5.82 Å². The number of hydrogen-bond donors (Lipinski definition) is 0. The maximum absolute atomic E-state index is 6.63. The zero-order valence-electron chi connectivity index (χ0n) is 24.3. The standard InChI is InChI=1S/C42H26N2O/c1-3-12-28(13-4-1)35-23-34(24-37-36-22-31-17-9-10-18-32(31)25-40(36)45-41(35)37)39-26-38(43-42(44-39)29-14-5-2-6-15-29)33-20-19-27-11-7-8-16-30(27)21-33/h1-26H. The van der Waals surface area contributed by atoms with Crippen LogP contribution in [-0.2, 0) is 0 Å². The van der Waals surface area contributed by atoms with Crippen molar-refractivity contribution in [1.29, 1.82) is 0 Å². The van der Waals surface area contributed by atoms with Crippen LogP contribution in [0.2, 0.25) is 0 Å². The first-order chi connectivity index (χ1) is 22.3. The molecule has 0 fully saturated rings. The highest BCUT2D eigenvalue weighted by molar-refractivity contribution is 6.14. The van der Waals surface area contributed by atoms with Crippen LogP contribution in [0.5, 0.6) is 0 Å². The van der Waals surface area contributed by atoms with Crippen LogP contribution >= 0.6 is 0 Å². The highest BCUT2D eigenvalue weighted by atomic mass is 16.3. The van der Waals surface area contributed by atoms with Crippen LogP contribution in [0.4, 0.5) is 0 Å². The van der Waals surface area contributed by atoms with Gasteiger partial charge in [0.05, 0.1) is 11.4 Å². The number of aromatic nitrogens is 2. The van der Waals surface area contributed by atoms with Crippen molar-refractivity contribution in [3.63, 3.8) is 0 Å². The first-order valence-electron chi connectivity index (χ1n) is 15.2. The van der Waals surface area contributed by atoms with Gasteiger partial charge < -0.3 is 4.42 Å². The Morgan fingerprint density at radius 2 is 0.978 bits per heavy atom. The van der Waals surface area contributed by atoms with Crippen molar-refractivity contribution >= 4 is 43.5 Å². The molecule has 45 heavy (non-hydrogen) atoms. The topological polar surface area (TPSA) is 38.9 Å². The Bertz CT molecular complexity index is 2530. The Labute approximate surface area is 260 Å². The molecule has 9 aromatic rings. The molecular formula is C42H26N2O. The molecule has 3 heteroatoms. The van der Waals surface area contributed by atoms with Crippen molar-refractivity contribution in [2.45, 2.75) is 0 Å². The number of benzene rings is 7. The van der Waals surface area contributed by atoms with Crippen LogP contribution in [0.1, 0.15) is 0 Å². The van der Waals surface area contributed by atoms with E-state index < -0.39 is 0 Å². The molecule has 0 aliphatic rings. The molecule has 210 valence electrons. The summed E-state index contributed by atoms with van der Waals surface area (Å²) in [5.41, 5.74) is 8.68. The second-order valence-corrected chi connectivity index (χ2v) is 11.5. The molecule has 0 radical (unpaired) electrons. The van der Waals surface area contributed by atoms with E-state index in [1.165, 1.54) is 16.2 Å². The first kappa shape index (κ1) is 25.4.